The van der Waals surface area contributed by atoms with Crippen LogP contribution in [-0.2, 0) is 0 Å². The minimum Gasteiger partial charge on any atom is -0.394 e. The molecule has 0 radical (unpaired) electrons. The van der Waals surface area contributed by atoms with Crippen LogP contribution in [0.2, 0.25) is 0 Å². The zero-order valence-electron chi connectivity index (χ0n) is 10.8. The van der Waals surface area contributed by atoms with Gasteiger partial charge in [0.25, 0.3) is 0 Å². The molecule has 0 aliphatic rings. The molecule has 2 heteroatoms. The fourth-order valence-electron chi connectivity index (χ4n) is 2.15. The van der Waals surface area contributed by atoms with Crippen molar-refractivity contribution < 1.29 is 10.2 Å². The molecule has 2 N–H and O–H groups in total. The van der Waals surface area contributed by atoms with Gasteiger partial charge in [0.2, 0.25) is 0 Å². The smallest absolute Gasteiger partial charge is 0.0776 e. The van der Waals surface area contributed by atoms with E-state index in [0.29, 0.717) is 18.3 Å². The third kappa shape index (κ3) is 4.88. The Morgan fingerprint density at radius 2 is 1.76 bits per heavy atom. The highest BCUT2D eigenvalue weighted by Crippen LogP contribution is 2.29. The van der Waals surface area contributed by atoms with E-state index in [1.54, 1.807) is 0 Å². The van der Waals surface area contributed by atoms with Crippen molar-refractivity contribution >= 4 is 0 Å². The molecule has 0 saturated heterocycles. The van der Waals surface area contributed by atoms with Crippen molar-refractivity contribution in [1.82, 2.24) is 0 Å². The van der Waals surface area contributed by atoms with E-state index < -0.39 is 6.10 Å². The van der Waals surface area contributed by atoms with Gasteiger partial charge in [0.1, 0.15) is 0 Å². The molecule has 0 amide bonds. The molecule has 1 aromatic rings. The molecular weight excluding hydrogens is 212 g/mol. The van der Waals surface area contributed by atoms with E-state index in [9.17, 15) is 5.11 Å². The Labute approximate surface area is 104 Å². The first-order valence-electron chi connectivity index (χ1n) is 6.51. The van der Waals surface area contributed by atoms with Gasteiger partial charge in [0.15, 0.2) is 0 Å². The molecule has 0 fully saturated rings. The van der Waals surface area contributed by atoms with Gasteiger partial charge in [0.05, 0.1) is 12.7 Å². The molecule has 0 heterocycles. The second-order valence-corrected chi connectivity index (χ2v) is 4.93. The average molecular weight is 236 g/mol. The van der Waals surface area contributed by atoms with Gasteiger partial charge in [0, 0.05) is 0 Å². The number of rotatable bonds is 7. The highest BCUT2D eigenvalue weighted by Gasteiger charge is 2.18. The molecule has 3 unspecified atom stereocenters. The summed E-state index contributed by atoms with van der Waals surface area (Å²) in [6.07, 6.45) is 2.25. The second kappa shape index (κ2) is 7.46. The first kappa shape index (κ1) is 14.2. The molecular formula is C15H24O2. The number of hydrogen-bond donors (Lipinski definition) is 2. The van der Waals surface area contributed by atoms with E-state index in [1.807, 2.05) is 18.2 Å². The zero-order chi connectivity index (χ0) is 12.7. The predicted molar refractivity (Wildman–Crippen MR) is 71.0 cm³/mol. The van der Waals surface area contributed by atoms with Crippen LogP contribution in [0.15, 0.2) is 30.3 Å². The molecule has 1 rings (SSSR count). The maximum absolute atomic E-state index is 9.63. The van der Waals surface area contributed by atoms with Crippen molar-refractivity contribution in [3.05, 3.63) is 35.9 Å². The van der Waals surface area contributed by atoms with Crippen molar-refractivity contribution in [2.24, 2.45) is 5.92 Å². The van der Waals surface area contributed by atoms with Crippen molar-refractivity contribution in [1.29, 1.82) is 0 Å². The third-order valence-electron chi connectivity index (χ3n) is 3.42. The SMILES string of the molecule is CCC(C)CC(CC(O)CO)c1ccccc1. The zero-order valence-corrected chi connectivity index (χ0v) is 10.8. The normalized spacial score (nSPS) is 16.5. The van der Waals surface area contributed by atoms with Crippen LogP contribution in [0.5, 0.6) is 0 Å². The van der Waals surface area contributed by atoms with Gasteiger partial charge in [-0.25, -0.2) is 0 Å². The van der Waals surface area contributed by atoms with Gasteiger partial charge < -0.3 is 10.2 Å². The average Bonchev–Trinajstić information content (AvgIpc) is 2.38. The van der Waals surface area contributed by atoms with Gasteiger partial charge >= 0.3 is 0 Å². The Bertz CT molecular complexity index is 285. The second-order valence-electron chi connectivity index (χ2n) is 4.93. The molecule has 0 aliphatic heterocycles. The molecule has 1 aromatic carbocycles. The molecule has 96 valence electrons. The largest absolute Gasteiger partial charge is 0.394 e. The van der Waals surface area contributed by atoms with E-state index >= 15 is 0 Å². The maximum Gasteiger partial charge on any atom is 0.0776 e. The molecule has 2 nitrogen and oxygen atoms in total. The van der Waals surface area contributed by atoms with Crippen LogP contribution in [0.25, 0.3) is 0 Å². The highest BCUT2D eigenvalue weighted by molar-refractivity contribution is 5.19. The van der Waals surface area contributed by atoms with Crippen LogP contribution in [-0.4, -0.2) is 22.9 Å². The minimum absolute atomic E-state index is 0.149. The van der Waals surface area contributed by atoms with Crippen molar-refractivity contribution in [2.75, 3.05) is 6.61 Å². The minimum atomic E-state index is -0.607. The Morgan fingerprint density at radius 1 is 1.12 bits per heavy atom. The fraction of sp³-hybridized carbons (Fsp3) is 0.600. The van der Waals surface area contributed by atoms with Crippen LogP contribution in [0, 0.1) is 5.92 Å². The first-order chi connectivity index (χ1) is 8.17. The molecule has 17 heavy (non-hydrogen) atoms. The summed E-state index contributed by atoms with van der Waals surface area (Å²) in [6, 6.07) is 10.3. The van der Waals surface area contributed by atoms with Crippen LogP contribution in [0.3, 0.4) is 0 Å². The predicted octanol–water partition coefficient (Wildman–Crippen LogP) is 2.95. The third-order valence-corrected chi connectivity index (χ3v) is 3.42. The Balaban J connectivity index is 2.72. The molecule has 0 aromatic heterocycles. The van der Waals surface area contributed by atoms with Crippen molar-refractivity contribution in [2.45, 2.75) is 45.1 Å². The maximum atomic E-state index is 9.63. The van der Waals surface area contributed by atoms with Crippen LogP contribution < -0.4 is 0 Å². The van der Waals surface area contributed by atoms with Gasteiger partial charge in [-0.2, -0.15) is 0 Å². The topological polar surface area (TPSA) is 40.5 Å². The quantitative estimate of drug-likeness (QED) is 0.764. The summed E-state index contributed by atoms with van der Waals surface area (Å²) in [4.78, 5) is 0. The summed E-state index contributed by atoms with van der Waals surface area (Å²) in [5, 5.41) is 18.6. The molecule has 0 bridgehead atoms. The van der Waals surface area contributed by atoms with Crippen LogP contribution >= 0.6 is 0 Å². The first-order valence-corrected chi connectivity index (χ1v) is 6.51. The van der Waals surface area contributed by atoms with Crippen molar-refractivity contribution in [3.63, 3.8) is 0 Å². The molecule has 0 saturated carbocycles. The van der Waals surface area contributed by atoms with Gasteiger partial charge in [-0.1, -0.05) is 50.6 Å². The van der Waals surface area contributed by atoms with Gasteiger partial charge in [-0.3, -0.25) is 0 Å². The molecule has 0 spiro atoms. The summed E-state index contributed by atoms with van der Waals surface area (Å²) in [6.45, 7) is 4.28. The Hall–Kier alpha value is -0.860. The fourth-order valence-corrected chi connectivity index (χ4v) is 2.15. The summed E-state index contributed by atoms with van der Waals surface area (Å²) in [5.41, 5.74) is 1.26. The lowest BCUT2D eigenvalue weighted by atomic mass is 9.85. The molecule has 3 atom stereocenters. The summed E-state index contributed by atoms with van der Waals surface area (Å²) < 4.78 is 0. The van der Waals surface area contributed by atoms with E-state index in [0.717, 1.165) is 12.8 Å². The number of hydrogen-bond acceptors (Lipinski definition) is 2. The van der Waals surface area contributed by atoms with Gasteiger partial charge in [-0.15, -0.1) is 0 Å². The summed E-state index contributed by atoms with van der Waals surface area (Å²) in [7, 11) is 0. The lowest BCUT2D eigenvalue weighted by Crippen LogP contribution is -2.18. The number of aliphatic hydroxyl groups excluding tert-OH is 2. The number of aliphatic hydroxyl groups is 2. The lowest BCUT2D eigenvalue weighted by Gasteiger charge is -2.22. The Kier molecular flexibility index (Phi) is 6.23. The highest BCUT2D eigenvalue weighted by atomic mass is 16.3. The summed E-state index contributed by atoms with van der Waals surface area (Å²) in [5.74, 6) is 0.986. The van der Waals surface area contributed by atoms with Crippen molar-refractivity contribution in [3.8, 4) is 0 Å². The number of benzene rings is 1. The standard InChI is InChI=1S/C15H24O2/c1-3-12(2)9-14(10-15(17)11-16)13-7-5-4-6-8-13/h4-8,12,14-17H,3,9-11H2,1-2H3. The van der Waals surface area contributed by atoms with E-state index in [-0.39, 0.29) is 6.61 Å². The Morgan fingerprint density at radius 3 is 2.29 bits per heavy atom. The van der Waals surface area contributed by atoms with Crippen LogP contribution in [0.1, 0.15) is 44.6 Å². The van der Waals surface area contributed by atoms with Gasteiger partial charge in [-0.05, 0) is 30.2 Å². The molecule has 0 aliphatic carbocycles. The summed E-state index contributed by atoms with van der Waals surface area (Å²) >= 11 is 0. The van der Waals surface area contributed by atoms with Crippen LogP contribution in [0.4, 0.5) is 0 Å². The monoisotopic (exact) mass is 236 g/mol. The van der Waals surface area contributed by atoms with E-state index in [4.69, 9.17) is 5.11 Å². The van der Waals surface area contributed by atoms with E-state index in [1.165, 1.54) is 5.56 Å². The van der Waals surface area contributed by atoms with E-state index in [2.05, 4.69) is 26.0 Å². The lowest BCUT2D eigenvalue weighted by molar-refractivity contribution is 0.0799.